The Balaban J connectivity index is 3.03. The van der Waals surface area contributed by atoms with Gasteiger partial charge in [-0.2, -0.15) is 13.2 Å². The van der Waals surface area contributed by atoms with Crippen LogP contribution in [-0.4, -0.2) is 6.18 Å². The van der Waals surface area contributed by atoms with Crippen molar-refractivity contribution in [2.24, 2.45) is 0 Å². The Bertz CT molecular complexity index is 333. The zero-order chi connectivity index (χ0) is 10.9. The van der Waals surface area contributed by atoms with Crippen molar-refractivity contribution >= 4 is 15.9 Å². The van der Waals surface area contributed by atoms with Crippen molar-refractivity contribution in [1.82, 2.24) is 0 Å². The highest BCUT2D eigenvalue weighted by Crippen LogP contribution is 2.39. The highest BCUT2D eigenvalue weighted by atomic mass is 79.9. The number of hydrogen-bond acceptors (Lipinski definition) is 0. The molecule has 0 heterocycles. The Hall–Kier alpha value is -0.650. The summed E-state index contributed by atoms with van der Waals surface area (Å²) < 4.78 is 61.3. The average molecular weight is 275 g/mol. The van der Waals surface area contributed by atoms with E-state index in [2.05, 4.69) is 15.9 Å². The third-order valence-electron chi connectivity index (χ3n) is 1.52. The van der Waals surface area contributed by atoms with Gasteiger partial charge < -0.3 is 0 Å². The molecule has 6 heteroatoms. The molecule has 0 aliphatic carbocycles. The molecule has 1 aromatic rings. The van der Waals surface area contributed by atoms with Crippen LogP contribution in [-0.2, 0) is 0 Å². The van der Waals surface area contributed by atoms with Crippen molar-refractivity contribution in [3.8, 4) is 0 Å². The number of alkyl halides is 4. The van der Waals surface area contributed by atoms with E-state index >= 15 is 0 Å². The van der Waals surface area contributed by atoms with Crippen molar-refractivity contribution < 1.29 is 22.0 Å². The average Bonchev–Trinajstić information content (AvgIpc) is 2.07. The monoisotopic (exact) mass is 274 g/mol. The normalized spacial score (nSPS) is 14.1. The molecule has 0 N–H and O–H groups in total. The summed E-state index contributed by atoms with van der Waals surface area (Å²) in [5.41, 5.74) is -0.364. The van der Waals surface area contributed by atoms with E-state index in [1.807, 2.05) is 0 Å². The fourth-order valence-electron chi connectivity index (χ4n) is 0.859. The van der Waals surface area contributed by atoms with Gasteiger partial charge in [0, 0.05) is 0 Å². The van der Waals surface area contributed by atoms with Crippen LogP contribution < -0.4 is 0 Å². The van der Waals surface area contributed by atoms with Gasteiger partial charge in [-0.1, -0.05) is 22.0 Å². The molecule has 0 nitrogen and oxygen atoms in total. The summed E-state index contributed by atoms with van der Waals surface area (Å²) in [6.07, 6.45) is -4.52. The van der Waals surface area contributed by atoms with Crippen molar-refractivity contribution in [3.05, 3.63) is 35.4 Å². The van der Waals surface area contributed by atoms with Crippen molar-refractivity contribution in [2.75, 3.05) is 0 Å². The molecule has 1 atom stereocenters. The molecule has 78 valence electrons. The lowest BCUT2D eigenvalue weighted by Gasteiger charge is -2.14. The molecule has 0 aliphatic heterocycles. The fourth-order valence-corrected chi connectivity index (χ4v) is 1.14. The lowest BCUT2D eigenvalue weighted by Crippen LogP contribution is -2.15. The minimum absolute atomic E-state index is 0.364. The smallest absolute Gasteiger partial charge is 0.204 e. The van der Waals surface area contributed by atoms with Gasteiger partial charge in [-0.05, 0) is 17.7 Å². The Kier molecular flexibility index (Phi) is 3.14. The van der Waals surface area contributed by atoms with Crippen molar-refractivity contribution in [3.63, 3.8) is 0 Å². The molecule has 0 aliphatic rings. The Morgan fingerprint density at radius 2 is 1.64 bits per heavy atom. The Morgan fingerprint density at radius 3 is 2.07 bits per heavy atom. The summed E-state index contributed by atoms with van der Waals surface area (Å²) in [5.74, 6) is -2.47. The molecular weight excluding hydrogens is 271 g/mol. The van der Waals surface area contributed by atoms with E-state index in [0.29, 0.717) is 12.1 Å². The van der Waals surface area contributed by atoms with Gasteiger partial charge in [-0.15, -0.1) is 0 Å². The lowest BCUT2D eigenvalue weighted by atomic mass is 10.1. The van der Waals surface area contributed by atoms with E-state index in [-0.39, 0.29) is 5.56 Å². The lowest BCUT2D eigenvalue weighted by molar-refractivity contribution is -0.128. The molecule has 14 heavy (non-hydrogen) atoms. The number of hydrogen-bond donors (Lipinski definition) is 0. The Labute approximate surface area is 84.9 Å². The first kappa shape index (κ1) is 11.4. The summed E-state index contributed by atoms with van der Waals surface area (Å²) in [7, 11) is 0. The fraction of sp³-hybridized carbons (Fsp3) is 0.250. The molecule has 0 aromatic heterocycles. The Morgan fingerprint density at radius 1 is 1.07 bits per heavy atom. The summed E-state index contributed by atoms with van der Waals surface area (Å²) in [5, 5.41) is 0. The second-order valence-electron chi connectivity index (χ2n) is 2.58. The van der Waals surface area contributed by atoms with E-state index in [1.54, 1.807) is 0 Å². The first-order valence-corrected chi connectivity index (χ1v) is 4.39. The summed E-state index contributed by atoms with van der Waals surface area (Å²) >= 11 is 2.35. The quantitative estimate of drug-likeness (QED) is 0.537. The highest BCUT2D eigenvalue weighted by molar-refractivity contribution is 9.09. The summed E-state index contributed by atoms with van der Waals surface area (Å²) in [6.45, 7) is 0. The molecule has 1 unspecified atom stereocenters. The maximum absolute atomic E-state index is 12.6. The predicted octanol–water partition coefficient (Wildman–Crippen LogP) is 3.96. The number of benzene rings is 1. The van der Waals surface area contributed by atoms with Gasteiger partial charge in [0.05, 0.1) is 0 Å². The van der Waals surface area contributed by atoms with Gasteiger partial charge in [-0.25, -0.2) is 8.78 Å². The van der Waals surface area contributed by atoms with Gasteiger partial charge >= 0.3 is 6.18 Å². The molecule has 0 saturated carbocycles. The number of halogens is 6. The third kappa shape index (κ3) is 2.43. The maximum atomic E-state index is 12.6. The van der Waals surface area contributed by atoms with Crippen molar-refractivity contribution in [2.45, 2.75) is 11.0 Å². The zero-order valence-electron chi connectivity index (χ0n) is 6.58. The van der Waals surface area contributed by atoms with Crippen LogP contribution in [0.4, 0.5) is 22.0 Å². The van der Waals surface area contributed by atoms with E-state index in [4.69, 9.17) is 0 Å². The highest BCUT2D eigenvalue weighted by Gasteiger charge is 2.39. The summed E-state index contributed by atoms with van der Waals surface area (Å²) in [4.78, 5) is -1.98. The van der Waals surface area contributed by atoms with Gasteiger partial charge in [0.2, 0.25) is 0 Å². The molecule has 0 fully saturated rings. The minimum atomic E-state index is -4.52. The minimum Gasteiger partial charge on any atom is -0.204 e. The topological polar surface area (TPSA) is 0 Å². The van der Waals surface area contributed by atoms with E-state index in [1.165, 1.54) is 0 Å². The van der Waals surface area contributed by atoms with Gasteiger partial charge in [0.25, 0.3) is 0 Å². The van der Waals surface area contributed by atoms with E-state index < -0.39 is 22.6 Å². The standard InChI is InChI=1S/C8H4BrF5/c9-7(8(12,13)14)4-1-2-5(10)6(11)3-4/h1-3,7H. The second kappa shape index (κ2) is 3.84. The first-order valence-electron chi connectivity index (χ1n) is 3.48. The van der Waals surface area contributed by atoms with Crippen molar-refractivity contribution in [1.29, 1.82) is 0 Å². The first-order chi connectivity index (χ1) is 6.32. The number of rotatable bonds is 1. The van der Waals surface area contributed by atoms with Gasteiger partial charge in [0.15, 0.2) is 11.6 Å². The van der Waals surface area contributed by atoms with Gasteiger partial charge in [0.1, 0.15) is 4.83 Å². The molecule has 0 bridgehead atoms. The maximum Gasteiger partial charge on any atom is 0.405 e. The van der Waals surface area contributed by atoms with Crippen LogP contribution in [0.3, 0.4) is 0 Å². The molecule has 0 radical (unpaired) electrons. The summed E-state index contributed by atoms with van der Waals surface area (Å²) in [6, 6.07) is 2.05. The van der Waals surface area contributed by atoms with Crippen LogP contribution in [0.25, 0.3) is 0 Å². The SMILES string of the molecule is Fc1ccc(C(Br)C(F)(F)F)cc1F. The molecule has 0 spiro atoms. The van der Waals surface area contributed by atoms with Gasteiger partial charge in [-0.3, -0.25) is 0 Å². The second-order valence-corrected chi connectivity index (χ2v) is 3.49. The molecule has 1 aromatic carbocycles. The van der Waals surface area contributed by atoms with Crippen LogP contribution in [0.1, 0.15) is 10.4 Å². The van der Waals surface area contributed by atoms with Crippen LogP contribution in [0.2, 0.25) is 0 Å². The molecule has 1 rings (SSSR count). The van der Waals surface area contributed by atoms with E-state index in [9.17, 15) is 22.0 Å². The van der Waals surface area contributed by atoms with Crippen LogP contribution in [0, 0.1) is 11.6 Å². The van der Waals surface area contributed by atoms with E-state index in [0.717, 1.165) is 6.07 Å². The largest absolute Gasteiger partial charge is 0.405 e. The zero-order valence-corrected chi connectivity index (χ0v) is 8.16. The molecular formula is C8H4BrF5. The molecule has 0 saturated heterocycles. The van der Waals surface area contributed by atoms with Crippen LogP contribution >= 0.6 is 15.9 Å². The molecule has 0 amide bonds. The van der Waals surface area contributed by atoms with Crippen LogP contribution in [0.15, 0.2) is 18.2 Å². The predicted molar refractivity (Wildman–Crippen MR) is 44.1 cm³/mol. The van der Waals surface area contributed by atoms with Crippen LogP contribution in [0.5, 0.6) is 0 Å². The third-order valence-corrected chi connectivity index (χ3v) is 2.57.